The quantitative estimate of drug-likeness (QED) is 0.0158. The van der Waals surface area contributed by atoms with Gasteiger partial charge in [-0.15, -0.1) is 0 Å². The van der Waals surface area contributed by atoms with Gasteiger partial charge < -0.3 is 68.4 Å². The van der Waals surface area contributed by atoms with E-state index in [0.29, 0.717) is 81.5 Å². The van der Waals surface area contributed by atoms with Gasteiger partial charge in [0, 0.05) is 140 Å². The number of rotatable bonds is 27. The van der Waals surface area contributed by atoms with Crippen LogP contribution in [-0.4, -0.2) is 159 Å². The molecule has 0 fully saturated rings. The summed E-state index contributed by atoms with van der Waals surface area (Å²) in [7, 11) is 7.62. The largest absolute Gasteiger partial charge is 0.467 e. The van der Waals surface area contributed by atoms with Crippen molar-refractivity contribution in [3.63, 3.8) is 0 Å². The maximum atomic E-state index is 14.9. The zero-order valence-electron chi connectivity index (χ0n) is 73.3. The van der Waals surface area contributed by atoms with Gasteiger partial charge in [-0.2, -0.15) is 52.7 Å². The van der Waals surface area contributed by atoms with E-state index in [1.165, 1.54) is 109 Å². The third-order valence-corrected chi connectivity index (χ3v) is 22.0. The minimum absolute atomic E-state index is 0.0205. The first-order valence-electron chi connectivity index (χ1n) is 40.9. The molecule has 0 saturated carbocycles. The fourth-order valence-corrected chi connectivity index (χ4v) is 15.0. The van der Waals surface area contributed by atoms with Crippen LogP contribution in [0, 0.1) is 48.8 Å². The van der Waals surface area contributed by atoms with Gasteiger partial charge in [0.15, 0.2) is 0 Å². The van der Waals surface area contributed by atoms with Gasteiger partial charge in [0.05, 0.1) is 49.2 Å². The summed E-state index contributed by atoms with van der Waals surface area (Å²) < 4.78 is 271. The van der Waals surface area contributed by atoms with Crippen molar-refractivity contribution in [3.05, 3.63) is 269 Å². The smallest absolute Gasteiger partial charge is 0.418 e. The van der Waals surface area contributed by atoms with Crippen molar-refractivity contribution in [1.82, 2.24) is 62.8 Å². The van der Waals surface area contributed by atoms with E-state index >= 15 is 0 Å². The highest BCUT2D eigenvalue weighted by atomic mass is 19.4. The van der Waals surface area contributed by atoms with Crippen LogP contribution in [0.2, 0.25) is 0 Å². The highest BCUT2D eigenvalue weighted by molar-refractivity contribution is 6.00. The van der Waals surface area contributed by atoms with Crippen LogP contribution in [-0.2, 0) is 75.2 Å². The molecule has 0 spiro atoms. The van der Waals surface area contributed by atoms with Crippen LogP contribution in [0.4, 0.5) is 96.1 Å². The van der Waals surface area contributed by atoms with Gasteiger partial charge in [0.25, 0.3) is 28.8 Å². The fourth-order valence-electron chi connectivity index (χ4n) is 15.0. The molecule has 0 unspecified atom stereocenters. The summed E-state index contributed by atoms with van der Waals surface area (Å²) in [4.78, 5) is 133. The van der Waals surface area contributed by atoms with Crippen LogP contribution in [0.3, 0.4) is 0 Å². The van der Waals surface area contributed by atoms with Crippen molar-refractivity contribution in [3.8, 4) is 33.5 Å². The molecule has 4 aromatic carbocycles. The number of halogens is 18. The number of ether oxygens (including phenoxy) is 3. The van der Waals surface area contributed by atoms with Gasteiger partial charge >= 0.3 is 48.3 Å². The van der Waals surface area contributed by atoms with Gasteiger partial charge in [0.2, 0.25) is 0 Å². The summed E-state index contributed by atoms with van der Waals surface area (Å²) >= 11 is 0. The zero-order chi connectivity index (χ0) is 100.0. The van der Waals surface area contributed by atoms with Crippen LogP contribution in [0.1, 0.15) is 105 Å². The lowest BCUT2D eigenvalue weighted by molar-refractivity contribution is -0.143. The summed E-state index contributed by atoms with van der Waals surface area (Å²) in [5.41, 5.74) is -2.99. The number of hydrogen-bond acceptors (Lipinski definition) is 19. The number of para-hydroxylation sites is 1. The normalized spacial score (nSPS) is 13.2. The van der Waals surface area contributed by atoms with E-state index in [1.54, 1.807) is 54.9 Å². The van der Waals surface area contributed by atoms with Crippen molar-refractivity contribution in [2.45, 2.75) is 134 Å². The van der Waals surface area contributed by atoms with E-state index in [2.05, 4.69) is 35.9 Å². The number of imidazole rings is 3. The highest BCUT2D eigenvalue weighted by Crippen LogP contribution is 2.40. The molecular formula is C90H82F18N16O12. The Balaban J connectivity index is 0.000000196. The predicted molar refractivity (Wildman–Crippen MR) is 459 cm³/mol. The molecule has 720 valence electrons. The van der Waals surface area contributed by atoms with Crippen LogP contribution >= 0.6 is 0 Å². The Morgan fingerprint density at radius 2 is 0.757 bits per heavy atom. The minimum Gasteiger partial charge on any atom is -0.467 e. The average molecular weight is 1920 g/mol. The number of anilines is 3. The van der Waals surface area contributed by atoms with Gasteiger partial charge in [0.1, 0.15) is 105 Å². The van der Waals surface area contributed by atoms with E-state index in [-0.39, 0.29) is 58.6 Å². The van der Waals surface area contributed by atoms with Crippen LogP contribution in [0.15, 0.2) is 167 Å². The fraction of sp³-hybridized carbons (Fsp3) is 0.300. The molecule has 0 bridgehead atoms. The molecule has 6 N–H and O–H groups in total. The monoisotopic (exact) mass is 1920 g/mol. The number of aromatic nitrogens is 10. The van der Waals surface area contributed by atoms with Gasteiger partial charge in [-0.05, 0) is 136 Å². The molecule has 6 atom stereocenters. The summed E-state index contributed by atoms with van der Waals surface area (Å²) in [6.07, 6.45) is -12.2. The Morgan fingerprint density at radius 1 is 0.412 bits per heavy atom. The standard InChI is InChI=1S/C32H28F5N5O4.C29H25F8N5O3.C29H29F5N6O5/c1-4-26(32(35,36)37)39-18-14-22(33)27(23(34)15-18)29(43)40-24(31(45)46-3)16-19-9-10-20(28-38-11-12-42(19)28)21-13-17-7-5-6-8-25(17)41(2)30(21)44;1-4-22(29(35,36)37)40-15-11-19(30)23(20(31)12-15)26(43)41-21(27(44)45-3)13-16-6-7-17(25-38-9-10-42(16)25)24-18(28(32,33)34)8-5-14(2)39-24;1-6-21(29(32,33)34)36-15-11-18(30)23(19(31)12-15)25(41)37-20(27(43)45-5)13-16-7-8-17(24-35-9-10-40(16)24)22-14(2)38(3)28(44)39(4)26(22)42/h5-15,24,26,39H,4,16H2,1-3H3,(H,40,43);5-12,21-22,40H,4,13H2,1-3H3,(H,41,43);7-12,20-21,36H,6,13H2,1-5H3,(H,37,41)/t24-,26+;21-,22+;20-,21+/m000/s1. The Labute approximate surface area is 757 Å². The molecule has 0 radical (unpaired) electrons. The first-order valence-corrected chi connectivity index (χ1v) is 40.9. The molecular weight excluding hydrogens is 1840 g/mol. The third-order valence-electron chi connectivity index (χ3n) is 22.0. The molecule has 28 nitrogen and oxygen atoms in total. The van der Waals surface area contributed by atoms with Crippen LogP contribution < -0.4 is 48.7 Å². The summed E-state index contributed by atoms with van der Waals surface area (Å²) in [6, 6.07) is 12.9. The number of aryl methyl sites for hydroxylation is 2. The number of carbonyl (C=O) groups is 6. The second kappa shape index (κ2) is 41.2. The molecule has 0 aliphatic carbocycles. The minimum atomic E-state index is -4.73. The second-order valence-electron chi connectivity index (χ2n) is 30.7. The number of nitrogens with zero attached hydrogens (tertiary/aromatic N) is 10. The third kappa shape index (κ3) is 22.1. The number of alkyl halides is 12. The number of nitrogens with one attached hydrogen (secondary N) is 6. The maximum Gasteiger partial charge on any atom is 0.418 e. The number of carbonyl (C=O) groups excluding carboxylic acids is 6. The van der Waals surface area contributed by atoms with Crippen LogP contribution in [0.5, 0.6) is 0 Å². The molecule has 3 amide bonds. The number of hydrogen-bond donors (Lipinski definition) is 6. The van der Waals surface area contributed by atoms with E-state index in [1.807, 2.05) is 40.2 Å². The van der Waals surface area contributed by atoms with Crippen molar-refractivity contribution < 1.29 is 122 Å². The molecule has 13 aromatic rings. The molecule has 136 heavy (non-hydrogen) atoms. The molecule has 13 rings (SSSR count). The van der Waals surface area contributed by atoms with Crippen molar-refractivity contribution in [2.75, 3.05) is 37.3 Å². The van der Waals surface area contributed by atoms with Gasteiger partial charge in [-0.1, -0.05) is 39.0 Å². The van der Waals surface area contributed by atoms with Crippen LogP contribution in [0.25, 0.3) is 61.4 Å². The number of amides is 3. The summed E-state index contributed by atoms with van der Waals surface area (Å²) in [5.74, 6) is -15.8. The SMILES string of the molecule is CC[C@@H](Nc1cc(F)c(C(=O)N[C@@H](Cc2ccc(-c3c(C)n(C)c(=O)n(C)c3=O)c3nccn23)C(=O)OC)c(F)c1)C(F)(F)F.CC[C@@H](Nc1cc(F)c(C(=O)N[C@@H](Cc2ccc(-c3cc4ccccc4n(C)c3=O)c3nccn23)C(=O)OC)c(F)c1)C(F)(F)F.CC[C@@H](Nc1cc(F)c(C(=O)N[C@@H](Cc2ccc(-c3nc(C)ccc3C(F)(F)F)c3nccn23)C(=O)OC)c(F)c1)C(F)(F)F. The Kier molecular flexibility index (Phi) is 30.7. The first kappa shape index (κ1) is 101. The van der Waals surface area contributed by atoms with Crippen molar-refractivity contribution >= 4 is 80.5 Å². The van der Waals surface area contributed by atoms with E-state index in [4.69, 9.17) is 14.2 Å². The van der Waals surface area contributed by atoms with E-state index in [9.17, 15) is 122 Å². The van der Waals surface area contributed by atoms with E-state index < -0.39 is 201 Å². The Morgan fingerprint density at radius 3 is 1.11 bits per heavy atom. The number of esters is 3. The van der Waals surface area contributed by atoms with Gasteiger partial charge in [-0.3, -0.25) is 33.5 Å². The molecule has 46 heteroatoms. The lowest BCUT2D eigenvalue weighted by atomic mass is 10.0. The second-order valence-corrected chi connectivity index (χ2v) is 30.7. The molecule has 0 aliphatic heterocycles. The number of fused-ring (bicyclic) bond motifs is 4. The predicted octanol–water partition coefficient (Wildman–Crippen LogP) is 14.9. The van der Waals surface area contributed by atoms with Gasteiger partial charge in [-0.25, -0.2) is 60.5 Å². The highest BCUT2D eigenvalue weighted by Gasteiger charge is 2.43. The summed E-state index contributed by atoms with van der Waals surface area (Å²) in [5, 5.41) is 13.5. The maximum absolute atomic E-state index is 14.9. The lowest BCUT2D eigenvalue weighted by Crippen LogP contribution is -2.44. The molecule has 9 heterocycles. The lowest BCUT2D eigenvalue weighted by Gasteiger charge is -2.22. The number of pyridine rings is 5. The number of methoxy groups -OCH3 is 3. The molecule has 9 aromatic heterocycles. The Hall–Kier alpha value is -15.1. The number of benzene rings is 4. The molecule has 0 saturated heterocycles. The zero-order valence-corrected chi connectivity index (χ0v) is 73.3. The first-order chi connectivity index (χ1) is 64.0. The average Bonchev–Trinajstić information content (AvgIpc) is 1.44. The molecule has 0 aliphatic rings. The topological polar surface area (TPSA) is 333 Å². The van der Waals surface area contributed by atoms with Crippen molar-refractivity contribution in [2.24, 2.45) is 21.1 Å². The Bertz CT molecular complexity index is 6890. The summed E-state index contributed by atoms with van der Waals surface area (Å²) in [6.45, 7) is 6.84. The van der Waals surface area contributed by atoms with Crippen molar-refractivity contribution in [1.29, 1.82) is 0 Å². The van der Waals surface area contributed by atoms with E-state index in [0.717, 1.165) is 42.9 Å².